The van der Waals surface area contributed by atoms with E-state index in [0.717, 1.165) is 24.8 Å². The molecule has 0 saturated heterocycles. The second kappa shape index (κ2) is 7.77. The predicted molar refractivity (Wildman–Crippen MR) is 89.4 cm³/mol. The van der Waals surface area contributed by atoms with Crippen LogP contribution < -0.4 is 10.3 Å². The Balaban J connectivity index is 1.92. The van der Waals surface area contributed by atoms with Gasteiger partial charge in [-0.3, -0.25) is 9.78 Å². The molecule has 0 saturated carbocycles. The second-order valence-corrected chi connectivity index (χ2v) is 6.07. The minimum Gasteiger partial charge on any atom is -0.405 e. The average molecular weight is 382 g/mol. The van der Waals surface area contributed by atoms with Gasteiger partial charge in [-0.05, 0) is 34.8 Å². The standard InChI is InChI=1S/C17H17F3N4O3/c1-2-3-4-5-10-6-7-11(13(8-10)26-17(18,19)20)9-12-16(25)22-15-14(21-12)23-27-24-15/h6-8H,2-5,9H2,1H3,(H,22,24,25). The molecule has 0 fully saturated rings. The van der Waals surface area contributed by atoms with Gasteiger partial charge in [0.25, 0.3) is 5.56 Å². The molecule has 3 rings (SSSR count). The molecule has 27 heavy (non-hydrogen) atoms. The normalized spacial score (nSPS) is 11.9. The van der Waals surface area contributed by atoms with Crippen molar-refractivity contribution >= 4 is 11.3 Å². The maximum atomic E-state index is 12.8. The van der Waals surface area contributed by atoms with E-state index < -0.39 is 11.9 Å². The lowest BCUT2D eigenvalue weighted by Crippen LogP contribution is -2.20. The Morgan fingerprint density at radius 1 is 1.22 bits per heavy atom. The molecule has 0 amide bonds. The molecule has 0 aliphatic heterocycles. The number of alkyl halides is 3. The average Bonchev–Trinajstić information content (AvgIpc) is 3.03. The van der Waals surface area contributed by atoms with Gasteiger partial charge in [-0.15, -0.1) is 13.2 Å². The molecule has 1 aromatic carbocycles. The van der Waals surface area contributed by atoms with E-state index in [-0.39, 0.29) is 34.7 Å². The first-order chi connectivity index (χ1) is 12.9. The first-order valence-corrected chi connectivity index (χ1v) is 8.44. The molecule has 2 aromatic heterocycles. The van der Waals surface area contributed by atoms with Crippen molar-refractivity contribution in [1.82, 2.24) is 20.3 Å². The number of hydrogen-bond acceptors (Lipinski definition) is 6. The van der Waals surface area contributed by atoms with Crippen LogP contribution in [0.15, 0.2) is 27.6 Å². The molecule has 0 atom stereocenters. The lowest BCUT2D eigenvalue weighted by atomic mass is 10.0. The van der Waals surface area contributed by atoms with E-state index in [2.05, 4.69) is 29.6 Å². The summed E-state index contributed by atoms with van der Waals surface area (Å²) >= 11 is 0. The second-order valence-electron chi connectivity index (χ2n) is 6.07. The Morgan fingerprint density at radius 3 is 2.78 bits per heavy atom. The van der Waals surface area contributed by atoms with Crippen LogP contribution in [0.5, 0.6) is 5.75 Å². The number of hydrogen-bond donors (Lipinski definition) is 1. The molecule has 0 bridgehead atoms. The van der Waals surface area contributed by atoms with Crippen molar-refractivity contribution in [1.29, 1.82) is 0 Å². The molecule has 0 unspecified atom stereocenters. The Hall–Kier alpha value is -2.91. The van der Waals surface area contributed by atoms with E-state index in [9.17, 15) is 18.0 Å². The molecule has 1 N–H and O–H groups in total. The highest BCUT2D eigenvalue weighted by Crippen LogP contribution is 2.29. The van der Waals surface area contributed by atoms with Crippen LogP contribution in [0.3, 0.4) is 0 Å². The first kappa shape index (κ1) is 18.9. The predicted octanol–water partition coefficient (Wildman–Crippen LogP) is 3.53. The lowest BCUT2D eigenvalue weighted by Gasteiger charge is -2.14. The largest absolute Gasteiger partial charge is 0.573 e. The van der Waals surface area contributed by atoms with Crippen LogP contribution in [0.1, 0.15) is 43.0 Å². The number of aryl methyl sites for hydroxylation is 1. The number of fused-ring (bicyclic) bond motifs is 1. The first-order valence-electron chi connectivity index (χ1n) is 8.44. The van der Waals surface area contributed by atoms with Gasteiger partial charge in [0.15, 0.2) is 0 Å². The van der Waals surface area contributed by atoms with Crippen LogP contribution in [0.25, 0.3) is 11.3 Å². The molecular formula is C17H17F3N4O3. The van der Waals surface area contributed by atoms with E-state index in [4.69, 9.17) is 0 Å². The zero-order valence-corrected chi connectivity index (χ0v) is 14.5. The fourth-order valence-corrected chi connectivity index (χ4v) is 2.69. The van der Waals surface area contributed by atoms with Crippen molar-refractivity contribution in [2.24, 2.45) is 0 Å². The quantitative estimate of drug-likeness (QED) is 0.629. The molecule has 0 aliphatic carbocycles. The number of rotatable bonds is 7. The van der Waals surface area contributed by atoms with Crippen molar-refractivity contribution < 1.29 is 22.5 Å². The Labute approximate surface area is 151 Å². The summed E-state index contributed by atoms with van der Waals surface area (Å²) in [6.07, 6.45) is -1.47. The van der Waals surface area contributed by atoms with Crippen molar-refractivity contribution in [2.75, 3.05) is 0 Å². The van der Waals surface area contributed by atoms with Crippen molar-refractivity contribution in [3.63, 3.8) is 0 Å². The molecule has 0 spiro atoms. The number of aromatic nitrogens is 4. The van der Waals surface area contributed by atoms with Crippen LogP contribution >= 0.6 is 0 Å². The number of ether oxygens (including phenoxy) is 1. The SMILES string of the molecule is CCCCCc1ccc(Cc2nc3nonc3[nH]c2=O)c(OC(F)(F)F)c1. The van der Waals surface area contributed by atoms with Gasteiger partial charge < -0.3 is 4.74 Å². The van der Waals surface area contributed by atoms with Crippen LogP contribution in [0.2, 0.25) is 0 Å². The van der Waals surface area contributed by atoms with E-state index in [1.165, 1.54) is 12.1 Å². The molecule has 144 valence electrons. The van der Waals surface area contributed by atoms with Crippen LogP contribution in [-0.2, 0) is 12.8 Å². The molecule has 0 aliphatic rings. The van der Waals surface area contributed by atoms with Crippen molar-refractivity contribution in [3.05, 3.63) is 45.4 Å². The Kier molecular flexibility index (Phi) is 5.43. The maximum absolute atomic E-state index is 12.8. The summed E-state index contributed by atoms with van der Waals surface area (Å²) in [7, 11) is 0. The third-order valence-electron chi connectivity index (χ3n) is 3.99. The zero-order chi connectivity index (χ0) is 19.4. The fourth-order valence-electron chi connectivity index (χ4n) is 2.69. The van der Waals surface area contributed by atoms with E-state index in [0.29, 0.717) is 6.42 Å². The van der Waals surface area contributed by atoms with Gasteiger partial charge in [0, 0.05) is 12.0 Å². The number of halogens is 3. The Bertz CT molecular complexity index is 981. The zero-order valence-electron chi connectivity index (χ0n) is 14.5. The summed E-state index contributed by atoms with van der Waals surface area (Å²) in [6.45, 7) is 2.05. The highest BCUT2D eigenvalue weighted by atomic mass is 19.4. The van der Waals surface area contributed by atoms with Crippen molar-refractivity contribution in [2.45, 2.75) is 45.4 Å². The van der Waals surface area contributed by atoms with Gasteiger partial charge in [-0.2, -0.15) is 0 Å². The number of nitrogens with zero attached hydrogens (tertiary/aromatic N) is 3. The van der Waals surface area contributed by atoms with Gasteiger partial charge in [0.05, 0.1) is 0 Å². The molecule has 2 heterocycles. The van der Waals surface area contributed by atoms with Crippen LogP contribution in [-0.4, -0.2) is 26.6 Å². The molecule has 10 heteroatoms. The smallest absolute Gasteiger partial charge is 0.405 e. The molecule has 3 aromatic rings. The summed E-state index contributed by atoms with van der Waals surface area (Å²) in [6, 6.07) is 4.62. The minimum atomic E-state index is -4.84. The minimum absolute atomic E-state index is 0.0102. The molecule has 7 nitrogen and oxygen atoms in total. The summed E-state index contributed by atoms with van der Waals surface area (Å²) in [5.41, 5.74) is 0.484. The lowest BCUT2D eigenvalue weighted by molar-refractivity contribution is -0.274. The van der Waals surface area contributed by atoms with Crippen LogP contribution in [0, 0.1) is 0 Å². The topological polar surface area (TPSA) is 93.9 Å². The highest BCUT2D eigenvalue weighted by Gasteiger charge is 2.32. The maximum Gasteiger partial charge on any atom is 0.573 e. The summed E-state index contributed by atoms with van der Waals surface area (Å²) in [5, 5.41) is 6.98. The van der Waals surface area contributed by atoms with E-state index in [1.807, 2.05) is 6.92 Å². The fraction of sp³-hybridized carbons (Fsp3) is 0.412. The van der Waals surface area contributed by atoms with Crippen molar-refractivity contribution in [3.8, 4) is 5.75 Å². The van der Waals surface area contributed by atoms with Gasteiger partial charge in [-0.1, -0.05) is 31.9 Å². The number of nitrogens with one attached hydrogen (secondary N) is 1. The third kappa shape index (κ3) is 4.83. The summed E-state index contributed by atoms with van der Waals surface area (Å²) in [5.74, 6) is -0.337. The number of H-pyrrole nitrogens is 1. The van der Waals surface area contributed by atoms with E-state index in [1.54, 1.807) is 6.07 Å². The van der Waals surface area contributed by atoms with Crippen LogP contribution in [0.4, 0.5) is 13.2 Å². The highest BCUT2D eigenvalue weighted by molar-refractivity contribution is 5.62. The number of benzene rings is 1. The van der Waals surface area contributed by atoms with Gasteiger partial charge >= 0.3 is 6.36 Å². The van der Waals surface area contributed by atoms with Gasteiger partial charge in [0.2, 0.25) is 11.3 Å². The summed E-state index contributed by atoms with van der Waals surface area (Å²) in [4.78, 5) is 18.5. The van der Waals surface area contributed by atoms with E-state index >= 15 is 0 Å². The number of unbranched alkanes of at least 4 members (excludes halogenated alkanes) is 2. The molecule has 0 radical (unpaired) electrons. The van der Waals surface area contributed by atoms with Gasteiger partial charge in [-0.25, -0.2) is 9.61 Å². The summed E-state index contributed by atoms with van der Waals surface area (Å²) < 4.78 is 47.1. The molecular weight excluding hydrogens is 365 g/mol. The monoisotopic (exact) mass is 382 g/mol. The Morgan fingerprint density at radius 2 is 2.04 bits per heavy atom. The number of aromatic amines is 1. The third-order valence-corrected chi connectivity index (χ3v) is 3.99. The van der Waals surface area contributed by atoms with Gasteiger partial charge in [0.1, 0.15) is 11.4 Å².